The second kappa shape index (κ2) is 7.84. The van der Waals surface area contributed by atoms with Gasteiger partial charge in [-0.2, -0.15) is 23.4 Å². The molecule has 1 N–H and O–H groups in total. The first-order chi connectivity index (χ1) is 14.3. The third kappa shape index (κ3) is 3.84. The number of thiophene rings is 1. The Kier molecular flexibility index (Phi) is 5.36. The van der Waals surface area contributed by atoms with Crippen LogP contribution >= 0.6 is 11.3 Å². The number of carbonyl (C=O) groups excluding carboxylic acids is 1. The highest BCUT2D eigenvalue weighted by atomic mass is 32.1. The summed E-state index contributed by atoms with van der Waals surface area (Å²) in [5.74, 6) is -0.315. The summed E-state index contributed by atoms with van der Waals surface area (Å²) >= 11 is 1.33. The molecule has 4 rings (SSSR count). The fraction of sp³-hybridized carbons (Fsp3) is 0.444. The van der Waals surface area contributed by atoms with Gasteiger partial charge in [-0.25, -0.2) is 0 Å². The van der Waals surface area contributed by atoms with Gasteiger partial charge >= 0.3 is 6.18 Å². The van der Waals surface area contributed by atoms with E-state index < -0.39 is 18.0 Å². The quantitative estimate of drug-likeness (QED) is 0.667. The Morgan fingerprint density at radius 1 is 1.33 bits per heavy atom. The van der Waals surface area contributed by atoms with Gasteiger partial charge in [0.05, 0.1) is 18.0 Å². The number of likely N-dealkylation sites (tertiary alicyclic amines) is 1. The van der Waals surface area contributed by atoms with Gasteiger partial charge in [0.1, 0.15) is 11.5 Å². The molecule has 1 aliphatic heterocycles. The molecule has 0 bridgehead atoms. The molecular weight excluding hydrogens is 423 g/mol. The monoisotopic (exact) mass is 441 g/mol. The molecule has 0 saturated carbocycles. The van der Waals surface area contributed by atoms with Gasteiger partial charge in [0.2, 0.25) is 0 Å². The van der Waals surface area contributed by atoms with Gasteiger partial charge in [-0.05, 0) is 31.2 Å². The minimum absolute atomic E-state index is 0.0600. The highest BCUT2D eigenvalue weighted by Crippen LogP contribution is 2.36. The van der Waals surface area contributed by atoms with Crippen LogP contribution in [0.2, 0.25) is 0 Å². The number of hydrogen-bond donors (Lipinski definition) is 1. The van der Waals surface area contributed by atoms with E-state index in [0.29, 0.717) is 23.4 Å². The standard InChI is InChI=1S/C18H18F3N5O3S/c1-10-2-3-11(14-8-13(24-29-14)15(27)18(19,20)21)9-25(10)16(28)12-4-7-30-17(12)26-22-5-6-23-26/h4-8,10-11,15,27H,2-3,9H2,1H3/t10-,11-,15?/m1/s1. The summed E-state index contributed by atoms with van der Waals surface area (Å²) < 4.78 is 43.3. The predicted octanol–water partition coefficient (Wildman–Crippen LogP) is 3.32. The van der Waals surface area contributed by atoms with Gasteiger partial charge in [-0.15, -0.1) is 16.1 Å². The molecule has 1 aliphatic rings. The van der Waals surface area contributed by atoms with Gasteiger partial charge in [-0.3, -0.25) is 4.79 Å². The number of carbonyl (C=O) groups is 1. The molecule has 1 unspecified atom stereocenters. The lowest BCUT2D eigenvalue weighted by Crippen LogP contribution is -2.45. The summed E-state index contributed by atoms with van der Waals surface area (Å²) in [6, 6.07) is 2.76. The minimum Gasteiger partial charge on any atom is -0.378 e. The summed E-state index contributed by atoms with van der Waals surface area (Å²) in [5, 5.41) is 23.3. The minimum atomic E-state index is -4.83. The van der Waals surface area contributed by atoms with Crippen molar-refractivity contribution in [2.45, 2.75) is 44.0 Å². The van der Waals surface area contributed by atoms with Crippen LogP contribution in [0, 0.1) is 0 Å². The Balaban J connectivity index is 1.54. The van der Waals surface area contributed by atoms with E-state index in [2.05, 4.69) is 15.4 Å². The van der Waals surface area contributed by atoms with Crippen LogP contribution in [0.25, 0.3) is 5.00 Å². The maximum absolute atomic E-state index is 13.2. The Hall–Kier alpha value is -2.73. The zero-order valence-electron chi connectivity index (χ0n) is 15.8. The van der Waals surface area contributed by atoms with E-state index in [-0.39, 0.29) is 30.2 Å². The number of aromatic nitrogens is 4. The summed E-state index contributed by atoms with van der Waals surface area (Å²) in [7, 11) is 0. The van der Waals surface area contributed by atoms with Crippen molar-refractivity contribution in [3.63, 3.8) is 0 Å². The largest absolute Gasteiger partial charge is 0.420 e. The molecule has 3 aromatic heterocycles. The lowest BCUT2D eigenvalue weighted by atomic mass is 9.90. The lowest BCUT2D eigenvalue weighted by molar-refractivity contribution is -0.208. The number of piperidine rings is 1. The molecule has 1 fully saturated rings. The highest BCUT2D eigenvalue weighted by molar-refractivity contribution is 7.12. The van der Waals surface area contributed by atoms with Crippen molar-refractivity contribution in [2.24, 2.45) is 0 Å². The van der Waals surface area contributed by atoms with E-state index in [1.807, 2.05) is 6.92 Å². The van der Waals surface area contributed by atoms with Gasteiger partial charge in [0.25, 0.3) is 5.91 Å². The van der Waals surface area contributed by atoms with Crippen molar-refractivity contribution in [2.75, 3.05) is 6.54 Å². The average Bonchev–Trinajstić information content (AvgIpc) is 3.47. The summed E-state index contributed by atoms with van der Waals surface area (Å²) in [4.78, 5) is 16.3. The molecule has 30 heavy (non-hydrogen) atoms. The zero-order valence-corrected chi connectivity index (χ0v) is 16.6. The van der Waals surface area contributed by atoms with Crippen LogP contribution in [0.4, 0.5) is 13.2 Å². The van der Waals surface area contributed by atoms with Crippen molar-refractivity contribution < 1.29 is 27.6 Å². The number of aliphatic hydroxyl groups excluding tert-OH is 1. The fourth-order valence-electron chi connectivity index (χ4n) is 3.51. The first-order valence-corrected chi connectivity index (χ1v) is 10.1. The SMILES string of the molecule is C[C@@H]1CC[C@@H](c2cc(C(O)C(F)(F)F)no2)CN1C(=O)c1ccsc1-n1nccn1. The molecule has 3 atom stereocenters. The first-order valence-electron chi connectivity index (χ1n) is 9.22. The van der Waals surface area contributed by atoms with E-state index in [1.165, 1.54) is 28.5 Å². The molecule has 12 heteroatoms. The lowest BCUT2D eigenvalue weighted by Gasteiger charge is -2.37. The number of hydrogen-bond acceptors (Lipinski definition) is 7. The fourth-order valence-corrected chi connectivity index (χ4v) is 4.31. The molecule has 0 aromatic carbocycles. The van der Waals surface area contributed by atoms with E-state index in [0.717, 1.165) is 6.07 Å². The number of nitrogens with zero attached hydrogens (tertiary/aromatic N) is 5. The smallest absolute Gasteiger partial charge is 0.378 e. The van der Waals surface area contributed by atoms with E-state index in [1.54, 1.807) is 16.3 Å². The highest BCUT2D eigenvalue weighted by Gasteiger charge is 2.42. The van der Waals surface area contributed by atoms with Gasteiger partial charge in [0.15, 0.2) is 11.1 Å². The Morgan fingerprint density at radius 2 is 2.07 bits per heavy atom. The molecular formula is C18H18F3N5O3S. The molecule has 0 aliphatic carbocycles. The van der Waals surface area contributed by atoms with Crippen LogP contribution in [-0.4, -0.2) is 54.8 Å². The predicted molar refractivity (Wildman–Crippen MR) is 99.2 cm³/mol. The Labute approximate surface area is 172 Å². The second-order valence-electron chi connectivity index (χ2n) is 7.14. The third-order valence-corrected chi connectivity index (χ3v) is 6.04. The Morgan fingerprint density at radius 3 is 2.77 bits per heavy atom. The van der Waals surface area contributed by atoms with Gasteiger partial charge in [-0.1, -0.05) is 5.16 Å². The third-order valence-electron chi connectivity index (χ3n) is 5.16. The topological polar surface area (TPSA) is 97.3 Å². The van der Waals surface area contributed by atoms with Crippen molar-refractivity contribution >= 4 is 17.2 Å². The number of amides is 1. The number of aliphatic hydroxyl groups is 1. The molecule has 0 radical (unpaired) electrons. The van der Waals surface area contributed by atoms with Crippen LogP contribution in [0.5, 0.6) is 0 Å². The maximum Gasteiger partial charge on any atom is 0.420 e. The van der Waals surface area contributed by atoms with Crippen molar-refractivity contribution in [1.82, 2.24) is 25.1 Å². The molecule has 3 aromatic rings. The van der Waals surface area contributed by atoms with E-state index in [9.17, 15) is 23.1 Å². The van der Waals surface area contributed by atoms with Crippen LogP contribution in [0.15, 0.2) is 34.4 Å². The van der Waals surface area contributed by atoms with E-state index in [4.69, 9.17) is 4.52 Å². The van der Waals surface area contributed by atoms with E-state index >= 15 is 0 Å². The molecule has 1 amide bonds. The molecule has 160 valence electrons. The maximum atomic E-state index is 13.2. The number of alkyl halides is 3. The summed E-state index contributed by atoms with van der Waals surface area (Å²) in [6.07, 6.45) is -3.22. The molecule has 1 saturated heterocycles. The molecule has 8 nitrogen and oxygen atoms in total. The second-order valence-corrected chi connectivity index (χ2v) is 8.03. The average molecular weight is 441 g/mol. The summed E-state index contributed by atoms with van der Waals surface area (Å²) in [6.45, 7) is 2.18. The number of rotatable bonds is 4. The van der Waals surface area contributed by atoms with Gasteiger partial charge < -0.3 is 14.5 Å². The summed E-state index contributed by atoms with van der Waals surface area (Å²) in [5.41, 5.74) is -0.131. The van der Waals surface area contributed by atoms with Crippen LogP contribution in [-0.2, 0) is 0 Å². The van der Waals surface area contributed by atoms with Crippen molar-refractivity contribution in [1.29, 1.82) is 0 Å². The van der Waals surface area contributed by atoms with Crippen molar-refractivity contribution in [3.05, 3.63) is 46.9 Å². The van der Waals surface area contributed by atoms with Crippen molar-refractivity contribution in [3.8, 4) is 5.00 Å². The number of halogens is 3. The molecule has 4 heterocycles. The zero-order chi connectivity index (χ0) is 21.5. The normalized spacial score (nSPS) is 21.0. The van der Waals surface area contributed by atoms with Crippen LogP contribution < -0.4 is 0 Å². The Bertz CT molecular complexity index is 1020. The first kappa shape index (κ1) is 20.5. The van der Waals surface area contributed by atoms with Crippen LogP contribution in [0.3, 0.4) is 0 Å². The molecule has 0 spiro atoms. The van der Waals surface area contributed by atoms with Gasteiger partial charge in [0, 0.05) is 24.6 Å². The van der Waals surface area contributed by atoms with Crippen LogP contribution in [0.1, 0.15) is 53.6 Å².